The minimum Gasteiger partial charge on any atom is -0.390 e. The fourth-order valence-corrected chi connectivity index (χ4v) is 18.5. The number of aryl methyl sites for hydroxylation is 1. The van der Waals surface area contributed by atoms with Crippen molar-refractivity contribution in [2.24, 2.45) is 5.92 Å². The van der Waals surface area contributed by atoms with Crippen LogP contribution in [0.3, 0.4) is 0 Å². The molecule has 0 spiro atoms. The standard InChI is InChI=1S/C61H87N9O20P4S/c1-8-10-30-68-47-23-19-40(3)35-45(47)60(4,5)51(68)25-20-41-17-16-18-42(21-26-52-61(6,7)46-36-44(95(82,83)84)22-24-48(46)69(52)31-11-9-2)55(41)67-32-27-43(28-33-67)57(72)63-29-14-12-13-15-34-85-91(74,75)88-93(78,79)90-94(80,81)89-92(76,77)86-38-50-49(71)37-53(87-50)70-39-64-54-56(70)65-59(62)66-58(54)73/h19-26,35-36,39,43,49-50,53,71H,8-18,27-34,37-38H2,1-7H3,(H8-,62,63,65,66,72,73,74,75,76,77,78,79,80,81,82,83,84)/p+1. The van der Waals surface area contributed by atoms with Gasteiger partial charge in [0.2, 0.25) is 17.6 Å². The number of aliphatic hydroxyl groups excluding tert-OH is 1. The van der Waals surface area contributed by atoms with E-state index in [-0.39, 0.29) is 52.1 Å². The highest BCUT2D eigenvalue weighted by Crippen LogP contribution is 2.71. The molecule has 7 atom stereocenters. The van der Waals surface area contributed by atoms with E-state index in [1.807, 2.05) is 0 Å². The number of hydrogen-bond donors (Lipinski definition) is 9. The number of hydrogen-bond acceptors (Lipinski definition) is 20. The average Bonchev–Trinajstić information content (AvgIpc) is 1.60. The zero-order valence-corrected chi connectivity index (χ0v) is 58.8. The van der Waals surface area contributed by atoms with Gasteiger partial charge in [-0.1, -0.05) is 97.1 Å². The lowest BCUT2D eigenvalue weighted by Crippen LogP contribution is -2.40. The van der Waals surface area contributed by atoms with Gasteiger partial charge in [-0.25, -0.2) is 27.8 Å². The summed E-state index contributed by atoms with van der Waals surface area (Å²) >= 11 is 0. The minimum absolute atomic E-state index is 0.00387. The molecular formula is C61H88N9O20P4S+. The molecule has 4 aromatic rings. The highest BCUT2D eigenvalue weighted by molar-refractivity contribution is 7.85. The van der Waals surface area contributed by atoms with Gasteiger partial charge in [-0.2, -0.15) is 26.3 Å². The number of nitrogens with one attached hydrogen (secondary N) is 2. The van der Waals surface area contributed by atoms with Crippen molar-refractivity contribution < 1.29 is 92.0 Å². The Morgan fingerprint density at radius 1 is 0.800 bits per heavy atom. The summed E-state index contributed by atoms with van der Waals surface area (Å²) in [6.45, 7) is 17.0. The molecule has 95 heavy (non-hydrogen) atoms. The number of unbranched alkanes of at least 4 members (excludes halogenated alkanes) is 5. The summed E-state index contributed by atoms with van der Waals surface area (Å²) in [5.74, 6) is -0.551. The highest BCUT2D eigenvalue weighted by atomic mass is 32.2. The van der Waals surface area contributed by atoms with Crippen molar-refractivity contribution in [1.29, 1.82) is 0 Å². The van der Waals surface area contributed by atoms with Crippen LogP contribution in [0.25, 0.3) is 11.2 Å². The number of allylic oxidation sites excluding steroid dienone is 8. The van der Waals surface area contributed by atoms with E-state index in [9.17, 15) is 65.5 Å². The lowest BCUT2D eigenvalue weighted by molar-refractivity contribution is -0.539. The predicted molar refractivity (Wildman–Crippen MR) is 355 cm³/mol. The average molecular weight is 1420 g/mol. The third kappa shape index (κ3) is 17.8. The van der Waals surface area contributed by atoms with E-state index in [1.54, 1.807) is 12.1 Å². The van der Waals surface area contributed by atoms with Gasteiger partial charge in [0.25, 0.3) is 15.7 Å². The molecule has 34 heteroatoms. The first-order valence-corrected chi connectivity index (χ1v) is 39.4. The van der Waals surface area contributed by atoms with Gasteiger partial charge in [0, 0.05) is 89.6 Å². The maximum atomic E-state index is 13.7. The number of aromatic amines is 1. The van der Waals surface area contributed by atoms with E-state index in [0.29, 0.717) is 51.7 Å². The molecular weight excluding hydrogens is 1330 g/mol. The SMILES string of the molecule is CCCCN1C(=CC=C2CCC/C(=C\C=C3/N(CCCC)c4ccc(S(=O)(=O)O)cc4C3(C)C)C2=[N+]2CCC(C(=O)NCCCCCCOP(=O)(O)OP(=O)(O)OP(=O)(O)OP(=O)(O)OCC3OC(n4cnc5c(=O)[nH]c(N)nc54)CC3O)CC2)C(C)(C)c2cc(C)ccc21. The van der Waals surface area contributed by atoms with E-state index >= 15 is 0 Å². The lowest BCUT2D eigenvalue weighted by Gasteiger charge is -2.28. The Bertz CT molecular complexity index is 4080. The molecule has 0 radical (unpaired) electrons. The van der Waals surface area contributed by atoms with Crippen LogP contribution in [0, 0.1) is 12.8 Å². The molecule has 1 amide bonds. The van der Waals surface area contributed by atoms with E-state index in [1.165, 1.54) is 50.6 Å². The number of rotatable bonds is 28. The third-order valence-electron chi connectivity index (χ3n) is 17.9. The lowest BCUT2D eigenvalue weighted by atomic mass is 9.82. The molecule has 1 aliphatic carbocycles. The van der Waals surface area contributed by atoms with Crippen molar-refractivity contribution in [2.45, 2.75) is 173 Å². The maximum Gasteiger partial charge on any atom is 0.490 e. The molecule has 9 rings (SSSR count). The molecule has 4 aliphatic heterocycles. The van der Waals surface area contributed by atoms with E-state index in [2.05, 4.69) is 143 Å². The number of imidazole rings is 1. The van der Waals surface area contributed by atoms with Crippen LogP contribution in [-0.4, -0.2) is 132 Å². The Balaban J connectivity index is 0.780. The second-order valence-corrected chi connectivity index (χ2v) is 33.2. The van der Waals surface area contributed by atoms with Gasteiger partial charge >= 0.3 is 31.3 Å². The number of aliphatic hydroxyl groups is 1. The molecule has 29 nitrogen and oxygen atoms in total. The van der Waals surface area contributed by atoms with E-state index in [4.69, 9.17) is 15.0 Å². The van der Waals surface area contributed by atoms with Crippen LogP contribution in [0.1, 0.15) is 154 Å². The van der Waals surface area contributed by atoms with E-state index < -0.39 is 84.0 Å². The summed E-state index contributed by atoms with van der Waals surface area (Å²) in [5.41, 5.74) is 15.4. The van der Waals surface area contributed by atoms with Crippen molar-refractivity contribution in [3.8, 4) is 0 Å². The van der Waals surface area contributed by atoms with Gasteiger partial charge < -0.3 is 50.3 Å². The summed E-state index contributed by atoms with van der Waals surface area (Å²) in [6, 6.07) is 11.6. The summed E-state index contributed by atoms with van der Waals surface area (Å²) in [5, 5.41) is 13.6. The summed E-state index contributed by atoms with van der Waals surface area (Å²) in [4.78, 5) is 81.2. The molecule has 2 aromatic heterocycles. The number of carbonyl (C=O) groups excluding carboxylic acids is 1. The Hall–Kier alpha value is -5.32. The fourth-order valence-electron chi connectivity index (χ4n) is 13.0. The Morgan fingerprint density at radius 3 is 1.95 bits per heavy atom. The van der Waals surface area contributed by atoms with Crippen molar-refractivity contribution in [3.63, 3.8) is 0 Å². The van der Waals surface area contributed by atoms with E-state index in [0.717, 1.165) is 80.7 Å². The highest BCUT2D eigenvalue weighted by Gasteiger charge is 2.48. The molecule has 5 aliphatic rings. The summed E-state index contributed by atoms with van der Waals surface area (Å²) < 4.78 is 116. The van der Waals surface area contributed by atoms with Crippen LogP contribution in [0.15, 0.2) is 99.3 Å². The Kier molecular flexibility index (Phi) is 23.4. The number of nitrogens with zero attached hydrogens (tertiary/aromatic N) is 6. The van der Waals surface area contributed by atoms with Crippen LogP contribution in [0.2, 0.25) is 0 Å². The number of phosphoric ester groups is 2. The smallest absolute Gasteiger partial charge is 0.390 e. The Labute approximate surface area is 552 Å². The van der Waals surface area contributed by atoms with Crippen molar-refractivity contribution >= 4 is 81.5 Å². The molecule has 3 fully saturated rings. The minimum atomic E-state index is -6.10. The number of nitrogens with two attached hydrogens (primary N) is 1. The molecule has 522 valence electrons. The van der Waals surface area contributed by atoms with Crippen LogP contribution in [-0.2, 0) is 70.7 Å². The quantitative estimate of drug-likeness (QED) is 0.0110. The number of piperidine rings is 1. The number of phosphoric acid groups is 4. The van der Waals surface area contributed by atoms with Gasteiger partial charge in [-0.3, -0.25) is 32.7 Å². The first kappa shape index (κ1) is 73.9. The third-order valence-corrected chi connectivity index (χ3v) is 24.6. The number of ether oxygens (including phenoxy) is 1. The normalized spacial score (nSPS) is 24.7. The van der Waals surface area contributed by atoms with Crippen molar-refractivity contribution in [3.05, 3.63) is 117 Å². The number of fused-ring (bicyclic) bond motifs is 3. The number of carbonyl (C=O) groups is 1. The second-order valence-electron chi connectivity index (χ2n) is 25.5. The summed E-state index contributed by atoms with van der Waals surface area (Å²) in [7, 11) is -27.8. The van der Waals surface area contributed by atoms with Crippen LogP contribution >= 0.6 is 31.3 Å². The zero-order valence-electron chi connectivity index (χ0n) is 54.4. The van der Waals surface area contributed by atoms with Gasteiger partial charge in [-0.15, -0.1) is 0 Å². The molecule has 10 N–H and O–H groups in total. The molecule has 1 saturated carbocycles. The fraction of sp³-hybridized carbons (Fsp3) is 0.557. The number of aromatic nitrogens is 4. The number of amides is 1. The monoisotopic (exact) mass is 1420 g/mol. The molecule has 2 saturated heterocycles. The number of benzene rings is 2. The molecule has 2 aromatic carbocycles. The van der Waals surface area contributed by atoms with Crippen LogP contribution in [0.5, 0.6) is 0 Å². The van der Waals surface area contributed by atoms with Gasteiger partial charge in [0.1, 0.15) is 25.4 Å². The van der Waals surface area contributed by atoms with Crippen LogP contribution < -0.4 is 26.4 Å². The number of nitrogen functional groups attached to an aromatic ring is 1. The molecule has 7 unspecified atom stereocenters. The van der Waals surface area contributed by atoms with Crippen LogP contribution in [0.4, 0.5) is 17.3 Å². The zero-order chi connectivity index (χ0) is 69.1. The van der Waals surface area contributed by atoms with Gasteiger partial charge in [0.15, 0.2) is 11.2 Å². The summed E-state index contributed by atoms with van der Waals surface area (Å²) in [6.07, 6.45) is 15.7. The van der Waals surface area contributed by atoms with Crippen molar-refractivity contribution in [1.82, 2.24) is 24.8 Å². The second kappa shape index (κ2) is 30.0. The van der Waals surface area contributed by atoms with Gasteiger partial charge in [0.05, 0.1) is 30.5 Å². The predicted octanol–water partition coefficient (Wildman–Crippen LogP) is 9.93. The number of H-pyrrole nitrogens is 1. The number of anilines is 3. The van der Waals surface area contributed by atoms with Crippen molar-refractivity contribution in [2.75, 3.05) is 61.5 Å². The topological polar surface area (TPSA) is 407 Å². The largest absolute Gasteiger partial charge is 0.490 e. The van der Waals surface area contributed by atoms with Gasteiger partial charge in [-0.05, 0) is 99.4 Å². The molecule has 6 heterocycles. The molecule has 0 bridgehead atoms. The maximum absolute atomic E-state index is 13.7. The Morgan fingerprint density at radius 2 is 1.36 bits per heavy atom. The first-order chi connectivity index (χ1) is 44.6. The first-order valence-electron chi connectivity index (χ1n) is 32.0.